The minimum absolute atomic E-state index is 0.0206. The first-order chi connectivity index (χ1) is 6.69. The van der Waals surface area contributed by atoms with Crippen LogP contribution >= 0.6 is 0 Å². The molecule has 74 valence electrons. The Balaban J connectivity index is 2.95. The molecular formula is C11H15N3. The summed E-state index contributed by atoms with van der Waals surface area (Å²) in [5, 5.41) is 8.66. The van der Waals surface area contributed by atoms with Gasteiger partial charge in [-0.3, -0.25) is 0 Å². The van der Waals surface area contributed by atoms with Gasteiger partial charge in [-0.05, 0) is 24.1 Å². The van der Waals surface area contributed by atoms with Crippen molar-refractivity contribution in [3.05, 3.63) is 29.3 Å². The van der Waals surface area contributed by atoms with Gasteiger partial charge in [0.2, 0.25) is 0 Å². The number of nitriles is 1. The van der Waals surface area contributed by atoms with E-state index in [0.717, 1.165) is 18.4 Å². The Morgan fingerprint density at radius 2 is 2.21 bits per heavy atom. The fraction of sp³-hybridized carbons (Fsp3) is 0.364. The summed E-state index contributed by atoms with van der Waals surface area (Å²) in [6.07, 6.45) is 1.94. The Morgan fingerprint density at radius 1 is 1.50 bits per heavy atom. The molecule has 1 atom stereocenters. The molecule has 1 aromatic rings. The van der Waals surface area contributed by atoms with E-state index in [1.807, 2.05) is 12.1 Å². The molecule has 4 N–H and O–H groups in total. The first kappa shape index (κ1) is 10.6. The number of nitrogens with zero attached hydrogens (tertiary/aromatic N) is 1. The highest BCUT2D eigenvalue weighted by molar-refractivity contribution is 5.53. The predicted molar refractivity (Wildman–Crippen MR) is 57.4 cm³/mol. The van der Waals surface area contributed by atoms with Gasteiger partial charge in [-0.15, -0.1) is 0 Å². The average molecular weight is 189 g/mol. The fourth-order valence-corrected chi connectivity index (χ4v) is 1.45. The summed E-state index contributed by atoms with van der Waals surface area (Å²) in [5.41, 5.74) is 13.9. The maximum atomic E-state index is 8.66. The van der Waals surface area contributed by atoms with E-state index >= 15 is 0 Å². The van der Waals surface area contributed by atoms with Crippen molar-refractivity contribution in [3.8, 4) is 6.07 Å². The van der Waals surface area contributed by atoms with Crippen molar-refractivity contribution in [1.82, 2.24) is 0 Å². The van der Waals surface area contributed by atoms with Crippen molar-refractivity contribution in [2.24, 2.45) is 5.73 Å². The molecule has 0 saturated heterocycles. The molecule has 0 heterocycles. The summed E-state index contributed by atoms with van der Waals surface area (Å²) < 4.78 is 0. The van der Waals surface area contributed by atoms with Crippen LogP contribution in [0.3, 0.4) is 0 Å². The quantitative estimate of drug-likeness (QED) is 0.713. The van der Waals surface area contributed by atoms with Gasteiger partial charge in [-0.25, -0.2) is 0 Å². The van der Waals surface area contributed by atoms with Gasteiger partial charge in [0, 0.05) is 11.7 Å². The van der Waals surface area contributed by atoms with Crippen LogP contribution in [0.1, 0.15) is 36.9 Å². The van der Waals surface area contributed by atoms with Gasteiger partial charge in [0.15, 0.2) is 0 Å². The molecule has 0 aromatic heterocycles. The van der Waals surface area contributed by atoms with Crippen LogP contribution in [0.5, 0.6) is 0 Å². The number of benzene rings is 1. The number of rotatable bonds is 3. The zero-order chi connectivity index (χ0) is 10.6. The molecule has 1 rings (SSSR count). The lowest BCUT2D eigenvalue weighted by Gasteiger charge is -2.13. The molecule has 1 aromatic carbocycles. The Morgan fingerprint density at radius 3 is 2.71 bits per heavy atom. The van der Waals surface area contributed by atoms with E-state index in [9.17, 15) is 0 Å². The molecule has 0 radical (unpaired) electrons. The summed E-state index contributed by atoms with van der Waals surface area (Å²) in [7, 11) is 0. The lowest BCUT2D eigenvalue weighted by Crippen LogP contribution is -2.12. The van der Waals surface area contributed by atoms with Gasteiger partial charge < -0.3 is 11.5 Å². The largest absolute Gasteiger partial charge is 0.398 e. The Labute approximate surface area is 84.3 Å². The van der Waals surface area contributed by atoms with E-state index in [-0.39, 0.29) is 6.04 Å². The van der Waals surface area contributed by atoms with Gasteiger partial charge in [0.05, 0.1) is 11.6 Å². The molecule has 3 nitrogen and oxygen atoms in total. The van der Waals surface area contributed by atoms with E-state index in [0.29, 0.717) is 11.3 Å². The van der Waals surface area contributed by atoms with Crippen LogP contribution in [0.25, 0.3) is 0 Å². The van der Waals surface area contributed by atoms with Crippen molar-refractivity contribution in [2.45, 2.75) is 25.8 Å². The summed E-state index contributed by atoms with van der Waals surface area (Å²) in [5.74, 6) is 0. The number of hydrogen-bond acceptors (Lipinski definition) is 3. The van der Waals surface area contributed by atoms with E-state index in [4.69, 9.17) is 16.7 Å². The second-order valence-corrected chi connectivity index (χ2v) is 3.35. The zero-order valence-corrected chi connectivity index (χ0v) is 8.33. The molecule has 3 heteroatoms. The number of hydrogen-bond donors (Lipinski definition) is 2. The number of nitrogens with two attached hydrogens (primary N) is 2. The summed E-state index contributed by atoms with van der Waals surface area (Å²) in [6.45, 7) is 2.08. The third kappa shape index (κ3) is 2.24. The van der Waals surface area contributed by atoms with Crippen molar-refractivity contribution in [2.75, 3.05) is 5.73 Å². The molecule has 14 heavy (non-hydrogen) atoms. The van der Waals surface area contributed by atoms with Gasteiger partial charge in [0.1, 0.15) is 0 Å². The highest BCUT2D eigenvalue weighted by atomic mass is 14.7. The van der Waals surface area contributed by atoms with Gasteiger partial charge >= 0.3 is 0 Å². The molecular weight excluding hydrogens is 174 g/mol. The maximum Gasteiger partial charge on any atom is 0.0992 e. The third-order valence-corrected chi connectivity index (χ3v) is 2.22. The van der Waals surface area contributed by atoms with Crippen molar-refractivity contribution in [1.29, 1.82) is 5.26 Å². The van der Waals surface area contributed by atoms with Crippen LogP contribution in [0.15, 0.2) is 18.2 Å². The lowest BCUT2D eigenvalue weighted by atomic mass is 10.00. The van der Waals surface area contributed by atoms with Crippen LogP contribution in [0.4, 0.5) is 5.69 Å². The summed E-state index contributed by atoms with van der Waals surface area (Å²) in [6, 6.07) is 7.29. The minimum Gasteiger partial charge on any atom is -0.398 e. The Hall–Kier alpha value is -1.53. The third-order valence-electron chi connectivity index (χ3n) is 2.22. The SMILES string of the molecule is CCCC(N)c1ccc(C#N)cc1N. The van der Waals surface area contributed by atoms with Crippen LogP contribution in [0, 0.1) is 11.3 Å². The first-order valence-corrected chi connectivity index (χ1v) is 4.74. The minimum atomic E-state index is -0.0206. The first-order valence-electron chi connectivity index (χ1n) is 4.74. The Bertz CT molecular complexity index is 352. The highest BCUT2D eigenvalue weighted by Gasteiger charge is 2.08. The van der Waals surface area contributed by atoms with Crippen LogP contribution in [-0.4, -0.2) is 0 Å². The molecule has 0 fully saturated rings. The molecule has 0 aliphatic rings. The van der Waals surface area contributed by atoms with Crippen molar-refractivity contribution >= 4 is 5.69 Å². The fourth-order valence-electron chi connectivity index (χ4n) is 1.45. The topological polar surface area (TPSA) is 75.8 Å². The normalized spacial score (nSPS) is 12.1. The van der Waals surface area contributed by atoms with Crippen LogP contribution < -0.4 is 11.5 Å². The van der Waals surface area contributed by atoms with Crippen molar-refractivity contribution in [3.63, 3.8) is 0 Å². The predicted octanol–water partition coefficient (Wildman–Crippen LogP) is 1.94. The zero-order valence-electron chi connectivity index (χ0n) is 8.33. The molecule has 0 aliphatic heterocycles. The maximum absolute atomic E-state index is 8.66. The van der Waals surface area contributed by atoms with Gasteiger partial charge in [-0.2, -0.15) is 5.26 Å². The average Bonchev–Trinajstić information content (AvgIpc) is 2.17. The van der Waals surface area contributed by atoms with Crippen molar-refractivity contribution < 1.29 is 0 Å². The number of nitrogen functional groups attached to an aromatic ring is 1. The molecule has 0 spiro atoms. The highest BCUT2D eigenvalue weighted by Crippen LogP contribution is 2.22. The monoisotopic (exact) mass is 189 g/mol. The summed E-state index contributed by atoms with van der Waals surface area (Å²) in [4.78, 5) is 0. The molecule has 0 aliphatic carbocycles. The van der Waals surface area contributed by atoms with Crippen LogP contribution in [0.2, 0.25) is 0 Å². The van der Waals surface area contributed by atoms with E-state index in [1.54, 1.807) is 12.1 Å². The Kier molecular flexibility index (Phi) is 3.49. The smallest absolute Gasteiger partial charge is 0.0992 e. The van der Waals surface area contributed by atoms with Crippen LogP contribution in [-0.2, 0) is 0 Å². The number of anilines is 1. The molecule has 1 unspecified atom stereocenters. The molecule has 0 amide bonds. The van der Waals surface area contributed by atoms with Gasteiger partial charge in [-0.1, -0.05) is 19.4 Å². The van der Waals surface area contributed by atoms with E-state index in [2.05, 4.69) is 6.92 Å². The standard InChI is InChI=1S/C11H15N3/c1-2-3-10(13)9-5-4-8(7-12)6-11(9)14/h4-6,10H,2-3,13-14H2,1H3. The lowest BCUT2D eigenvalue weighted by molar-refractivity contribution is 0.640. The van der Waals surface area contributed by atoms with Gasteiger partial charge in [0.25, 0.3) is 0 Å². The second kappa shape index (κ2) is 4.64. The second-order valence-electron chi connectivity index (χ2n) is 3.35. The summed E-state index contributed by atoms with van der Waals surface area (Å²) >= 11 is 0. The van der Waals surface area contributed by atoms with E-state index in [1.165, 1.54) is 0 Å². The molecule has 0 saturated carbocycles. The van der Waals surface area contributed by atoms with E-state index < -0.39 is 0 Å². The molecule has 0 bridgehead atoms.